The van der Waals surface area contributed by atoms with Crippen LogP contribution in [0.3, 0.4) is 0 Å². The third kappa shape index (κ3) is 16.3. The van der Waals surface area contributed by atoms with Crippen LogP contribution in [0.1, 0.15) is 51.9 Å². The maximum absolute atomic E-state index is 10.4. The van der Waals surface area contributed by atoms with Crippen LogP contribution in [0.25, 0.3) is 0 Å². The van der Waals surface area contributed by atoms with Crippen molar-refractivity contribution in [3.8, 4) is 0 Å². The fourth-order valence-electron chi connectivity index (χ4n) is 1.75. The van der Waals surface area contributed by atoms with Crippen LogP contribution < -0.4 is 0 Å². The minimum Gasteiger partial charge on any atom is -0.479 e. The zero-order valence-electron chi connectivity index (χ0n) is 14.1. The van der Waals surface area contributed by atoms with E-state index in [0.29, 0.717) is 6.42 Å². The molecule has 0 aromatic heterocycles. The minimum atomic E-state index is -1.25. The lowest BCUT2D eigenvalue weighted by atomic mass is 10.2. The average Bonchev–Trinajstić information content (AvgIpc) is 2.54. The van der Waals surface area contributed by atoms with Crippen LogP contribution in [-0.4, -0.2) is 22.3 Å². The number of carbonyl (C=O) groups is 1. The fraction of sp³-hybridized carbons (Fsp3) is 0.450. The van der Waals surface area contributed by atoms with Gasteiger partial charge in [-0.25, -0.2) is 4.79 Å². The molecular formula is C20H30O3. The zero-order chi connectivity index (χ0) is 17.2. The highest BCUT2D eigenvalue weighted by Crippen LogP contribution is 2.00. The van der Waals surface area contributed by atoms with Gasteiger partial charge in [-0.05, 0) is 44.9 Å². The van der Waals surface area contributed by atoms with Crippen molar-refractivity contribution in [2.24, 2.45) is 0 Å². The normalized spacial score (nSPS) is 14.2. The van der Waals surface area contributed by atoms with E-state index in [1.165, 1.54) is 0 Å². The van der Waals surface area contributed by atoms with Gasteiger partial charge in [-0.1, -0.05) is 67.7 Å². The molecule has 0 aromatic rings. The van der Waals surface area contributed by atoms with Crippen LogP contribution in [0.2, 0.25) is 0 Å². The number of allylic oxidation sites excluding steroid dienone is 10. The second-order valence-electron chi connectivity index (χ2n) is 5.14. The molecule has 0 fully saturated rings. The Morgan fingerprint density at radius 1 is 0.783 bits per heavy atom. The van der Waals surface area contributed by atoms with Gasteiger partial charge in [-0.2, -0.15) is 0 Å². The molecule has 128 valence electrons. The smallest absolute Gasteiger partial charge is 0.332 e. The van der Waals surface area contributed by atoms with Crippen molar-refractivity contribution in [3.63, 3.8) is 0 Å². The third-order valence-electron chi connectivity index (χ3n) is 3.05. The summed E-state index contributed by atoms with van der Waals surface area (Å²) in [6.45, 7) is 2.14. The molecule has 0 heterocycles. The van der Waals surface area contributed by atoms with E-state index < -0.39 is 12.1 Å². The van der Waals surface area contributed by atoms with Gasteiger partial charge in [0.25, 0.3) is 0 Å². The molecule has 0 bridgehead atoms. The molecule has 0 aliphatic carbocycles. The molecule has 3 heteroatoms. The number of rotatable bonds is 13. The van der Waals surface area contributed by atoms with Gasteiger partial charge in [0, 0.05) is 0 Å². The average molecular weight is 318 g/mol. The van der Waals surface area contributed by atoms with Crippen LogP contribution in [0.5, 0.6) is 0 Å². The van der Waals surface area contributed by atoms with Crippen molar-refractivity contribution in [1.29, 1.82) is 0 Å². The summed E-state index contributed by atoms with van der Waals surface area (Å²) in [6, 6.07) is 0. The van der Waals surface area contributed by atoms with Crippen molar-refractivity contribution in [2.75, 3.05) is 0 Å². The maximum atomic E-state index is 10.4. The van der Waals surface area contributed by atoms with Gasteiger partial charge in [0.2, 0.25) is 0 Å². The molecule has 0 saturated heterocycles. The second-order valence-corrected chi connectivity index (χ2v) is 5.14. The summed E-state index contributed by atoms with van der Waals surface area (Å²) < 4.78 is 0. The quantitative estimate of drug-likeness (QED) is 0.472. The topological polar surface area (TPSA) is 57.5 Å². The molecule has 1 atom stereocenters. The Labute approximate surface area is 140 Å². The van der Waals surface area contributed by atoms with Gasteiger partial charge in [0.05, 0.1) is 0 Å². The van der Waals surface area contributed by atoms with Crippen molar-refractivity contribution in [1.82, 2.24) is 0 Å². The summed E-state index contributed by atoms with van der Waals surface area (Å²) in [5.41, 5.74) is 0. The Hall–Kier alpha value is -1.87. The molecule has 23 heavy (non-hydrogen) atoms. The molecule has 0 spiro atoms. The summed E-state index contributed by atoms with van der Waals surface area (Å²) in [6.07, 6.45) is 25.5. The first-order chi connectivity index (χ1) is 11.2. The van der Waals surface area contributed by atoms with Gasteiger partial charge >= 0.3 is 5.97 Å². The van der Waals surface area contributed by atoms with Crippen molar-refractivity contribution < 1.29 is 15.0 Å². The largest absolute Gasteiger partial charge is 0.479 e. The number of aliphatic carboxylic acids is 1. The number of hydrogen-bond acceptors (Lipinski definition) is 2. The molecule has 0 saturated carbocycles. The number of carboxylic acid groups (broad SMARTS) is 1. The van der Waals surface area contributed by atoms with Gasteiger partial charge in [0.1, 0.15) is 0 Å². The van der Waals surface area contributed by atoms with Crippen LogP contribution >= 0.6 is 0 Å². The van der Waals surface area contributed by atoms with E-state index in [1.54, 1.807) is 0 Å². The SMILES string of the molecule is CCC=CCC=CCC=CCC=CCC=CCCC(O)C(=O)O. The van der Waals surface area contributed by atoms with Crippen LogP contribution in [-0.2, 0) is 4.79 Å². The van der Waals surface area contributed by atoms with Gasteiger partial charge in [-0.15, -0.1) is 0 Å². The van der Waals surface area contributed by atoms with Crippen molar-refractivity contribution in [2.45, 2.75) is 58.0 Å². The molecule has 0 aliphatic heterocycles. The summed E-state index contributed by atoms with van der Waals surface area (Å²) in [7, 11) is 0. The van der Waals surface area contributed by atoms with Crippen LogP contribution in [0.15, 0.2) is 60.8 Å². The van der Waals surface area contributed by atoms with Crippen molar-refractivity contribution >= 4 is 5.97 Å². The zero-order valence-corrected chi connectivity index (χ0v) is 14.1. The summed E-state index contributed by atoms with van der Waals surface area (Å²) in [5.74, 6) is -1.16. The monoisotopic (exact) mass is 318 g/mol. The first-order valence-electron chi connectivity index (χ1n) is 8.34. The van der Waals surface area contributed by atoms with Gasteiger partial charge in [-0.3, -0.25) is 0 Å². The highest BCUT2D eigenvalue weighted by atomic mass is 16.4. The van der Waals surface area contributed by atoms with E-state index in [4.69, 9.17) is 10.2 Å². The summed E-state index contributed by atoms with van der Waals surface area (Å²) >= 11 is 0. The molecular weight excluding hydrogens is 288 g/mol. The van der Waals surface area contributed by atoms with E-state index in [-0.39, 0.29) is 6.42 Å². The number of aliphatic hydroxyl groups is 1. The number of carboxylic acids is 1. The summed E-state index contributed by atoms with van der Waals surface area (Å²) in [4.78, 5) is 10.4. The second kappa shape index (κ2) is 16.5. The Bertz CT molecular complexity index is 428. The molecule has 1 unspecified atom stereocenters. The van der Waals surface area contributed by atoms with E-state index in [9.17, 15) is 4.79 Å². The lowest BCUT2D eigenvalue weighted by Crippen LogP contribution is -2.18. The number of aliphatic hydroxyl groups excluding tert-OH is 1. The van der Waals surface area contributed by atoms with E-state index >= 15 is 0 Å². The number of hydrogen-bond donors (Lipinski definition) is 2. The van der Waals surface area contributed by atoms with E-state index in [2.05, 4.69) is 55.5 Å². The molecule has 0 aromatic carbocycles. The minimum absolute atomic E-state index is 0.264. The molecule has 2 N–H and O–H groups in total. The summed E-state index contributed by atoms with van der Waals surface area (Å²) in [5, 5.41) is 17.6. The highest BCUT2D eigenvalue weighted by molar-refractivity contribution is 5.71. The molecule has 0 radical (unpaired) electrons. The molecule has 0 amide bonds. The lowest BCUT2D eigenvalue weighted by molar-refractivity contribution is -0.146. The van der Waals surface area contributed by atoms with E-state index in [1.807, 2.05) is 12.2 Å². The van der Waals surface area contributed by atoms with Gasteiger partial charge in [0.15, 0.2) is 6.10 Å². The first kappa shape index (κ1) is 21.1. The highest BCUT2D eigenvalue weighted by Gasteiger charge is 2.10. The molecule has 0 rings (SSSR count). The Kier molecular flexibility index (Phi) is 15.2. The standard InChI is InChI=1S/C20H30O3/c1-2-3-4-5-6-7-8-9-10-11-12-13-14-15-16-17-18-19(21)20(22)23/h3-4,6-7,9-10,12-13,15-16,19,21H,2,5,8,11,14,17-18H2,1H3,(H,22,23). The Morgan fingerprint density at radius 3 is 1.57 bits per heavy atom. The van der Waals surface area contributed by atoms with Crippen molar-refractivity contribution in [3.05, 3.63) is 60.8 Å². The molecule has 3 nitrogen and oxygen atoms in total. The maximum Gasteiger partial charge on any atom is 0.332 e. The van der Waals surface area contributed by atoms with Crippen LogP contribution in [0.4, 0.5) is 0 Å². The Morgan fingerprint density at radius 2 is 1.17 bits per heavy atom. The van der Waals surface area contributed by atoms with Gasteiger partial charge < -0.3 is 10.2 Å². The molecule has 0 aliphatic rings. The Balaban J connectivity index is 3.54. The third-order valence-corrected chi connectivity index (χ3v) is 3.05. The van der Waals surface area contributed by atoms with E-state index in [0.717, 1.165) is 32.1 Å². The predicted molar refractivity (Wildman–Crippen MR) is 97.3 cm³/mol. The first-order valence-corrected chi connectivity index (χ1v) is 8.34. The fourth-order valence-corrected chi connectivity index (χ4v) is 1.75. The lowest BCUT2D eigenvalue weighted by Gasteiger charge is -2.00. The van der Waals surface area contributed by atoms with Crippen LogP contribution in [0, 0.1) is 0 Å². The predicted octanol–water partition coefficient (Wildman–Crippen LogP) is 4.96.